The van der Waals surface area contributed by atoms with Crippen molar-refractivity contribution in [2.45, 2.75) is 12.8 Å². The van der Waals surface area contributed by atoms with Crippen LogP contribution in [0.4, 0.5) is 0 Å². The first-order chi connectivity index (χ1) is 8.66. The first kappa shape index (κ1) is 14.2. The summed E-state index contributed by atoms with van der Waals surface area (Å²) in [5.41, 5.74) is 0.654. The van der Waals surface area contributed by atoms with E-state index in [9.17, 15) is 4.79 Å². The Morgan fingerprint density at radius 1 is 1.50 bits per heavy atom. The third-order valence-corrected chi connectivity index (χ3v) is 4.59. The van der Waals surface area contributed by atoms with E-state index in [0.717, 1.165) is 35.5 Å². The summed E-state index contributed by atoms with van der Waals surface area (Å²) in [6.45, 7) is 1.68. The Bertz CT molecular complexity index is 436. The lowest BCUT2D eigenvalue weighted by atomic mass is 10.2. The summed E-state index contributed by atoms with van der Waals surface area (Å²) >= 11 is 11.3. The molecule has 0 atom stereocenters. The Morgan fingerprint density at radius 2 is 2.33 bits per heavy atom. The van der Waals surface area contributed by atoms with Gasteiger partial charge >= 0.3 is 0 Å². The molecule has 1 aliphatic rings. The molecule has 1 aromatic rings. The number of thioether (sulfide) groups is 1. The third kappa shape index (κ3) is 3.87. The minimum atomic E-state index is 0.120. The summed E-state index contributed by atoms with van der Waals surface area (Å²) in [7, 11) is 0. The van der Waals surface area contributed by atoms with Gasteiger partial charge in [-0.1, -0.05) is 11.6 Å². The monoisotopic (exact) mass is 348 g/mol. The molecule has 0 saturated carbocycles. The highest BCUT2D eigenvalue weighted by atomic mass is 79.9. The Hall–Kier alpha value is -0.260. The van der Waals surface area contributed by atoms with Crippen molar-refractivity contribution in [1.29, 1.82) is 0 Å². The summed E-state index contributed by atoms with van der Waals surface area (Å²) in [6, 6.07) is 1.77. The second-order valence-electron chi connectivity index (χ2n) is 4.11. The molecule has 3 nitrogen and oxygen atoms in total. The zero-order valence-corrected chi connectivity index (χ0v) is 13.0. The predicted octanol–water partition coefficient (Wildman–Crippen LogP) is 3.01. The van der Waals surface area contributed by atoms with Crippen LogP contribution in [0.2, 0.25) is 5.02 Å². The second-order valence-corrected chi connectivity index (χ2v) is 6.65. The summed E-state index contributed by atoms with van der Waals surface area (Å²) in [6.07, 6.45) is 3.03. The number of rotatable bonds is 2. The van der Waals surface area contributed by atoms with E-state index in [1.54, 1.807) is 12.3 Å². The average Bonchev–Trinajstić information content (AvgIpc) is 2.61. The van der Waals surface area contributed by atoms with Gasteiger partial charge in [0.2, 0.25) is 5.91 Å². The molecule has 1 saturated heterocycles. The van der Waals surface area contributed by atoms with Crippen molar-refractivity contribution < 1.29 is 4.79 Å². The molecule has 2 heterocycles. The van der Waals surface area contributed by atoms with Crippen LogP contribution >= 0.6 is 39.3 Å². The Labute approximate surface area is 124 Å². The van der Waals surface area contributed by atoms with Crippen molar-refractivity contribution in [2.75, 3.05) is 24.6 Å². The highest BCUT2D eigenvalue weighted by Gasteiger charge is 2.17. The SMILES string of the molecule is O=C(Cc1ncc(Br)cc1Cl)N1CCCSCC1. The summed E-state index contributed by atoms with van der Waals surface area (Å²) < 4.78 is 0.829. The van der Waals surface area contributed by atoms with Crippen LogP contribution in [0.3, 0.4) is 0 Å². The molecule has 1 fully saturated rings. The van der Waals surface area contributed by atoms with Gasteiger partial charge in [-0.25, -0.2) is 0 Å². The van der Waals surface area contributed by atoms with Gasteiger partial charge in [-0.2, -0.15) is 11.8 Å². The van der Waals surface area contributed by atoms with E-state index in [-0.39, 0.29) is 12.3 Å². The predicted molar refractivity (Wildman–Crippen MR) is 79.2 cm³/mol. The molecule has 1 aliphatic heterocycles. The smallest absolute Gasteiger partial charge is 0.228 e. The van der Waals surface area contributed by atoms with Gasteiger partial charge in [-0.3, -0.25) is 9.78 Å². The van der Waals surface area contributed by atoms with Crippen LogP contribution in [0.5, 0.6) is 0 Å². The first-order valence-electron chi connectivity index (χ1n) is 5.82. The second kappa shape index (κ2) is 6.78. The lowest BCUT2D eigenvalue weighted by molar-refractivity contribution is -0.130. The molecule has 1 aromatic heterocycles. The van der Waals surface area contributed by atoms with Crippen LogP contribution in [-0.2, 0) is 11.2 Å². The lowest BCUT2D eigenvalue weighted by Crippen LogP contribution is -2.34. The van der Waals surface area contributed by atoms with E-state index in [0.29, 0.717) is 10.7 Å². The molecular weight excluding hydrogens is 336 g/mol. The van der Waals surface area contributed by atoms with Crippen molar-refractivity contribution in [3.05, 3.63) is 27.5 Å². The quantitative estimate of drug-likeness (QED) is 0.823. The van der Waals surface area contributed by atoms with Crippen molar-refractivity contribution in [2.24, 2.45) is 0 Å². The van der Waals surface area contributed by atoms with E-state index < -0.39 is 0 Å². The van der Waals surface area contributed by atoms with Crippen LogP contribution in [0.1, 0.15) is 12.1 Å². The topological polar surface area (TPSA) is 33.2 Å². The number of halogens is 2. The molecular formula is C12H14BrClN2OS. The maximum atomic E-state index is 12.2. The minimum Gasteiger partial charge on any atom is -0.342 e. The van der Waals surface area contributed by atoms with Crippen LogP contribution in [0.25, 0.3) is 0 Å². The van der Waals surface area contributed by atoms with Gasteiger partial charge in [0.15, 0.2) is 0 Å². The van der Waals surface area contributed by atoms with Gasteiger partial charge in [0, 0.05) is 29.5 Å². The molecule has 0 aromatic carbocycles. The highest BCUT2D eigenvalue weighted by molar-refractivity contribution is 9.10. The van der Waals surface area contributed by atoms with E-state index in [4.69, 9.17) is 11.6 Å². The summed E-state index contributed by atoms with van der Waals surface area (Å²) in [5.74, 6) is 2.28. The fourth-order valence-corrected chi connectivity index (χ4v) is 3.41. The third-order valence-electron chi connectivity index (χ3n) is 2.78. The van der Waals surface area contributed by atoms with Crippen molar-refractivity contribution in [3.63, 3.8) is 0 Å². The minimum absolute atomic E-state index is 0.120. The molecule has 0 bridgehead atoms. The van der Waals surface area contributed by atoms with Gasteiger partial charge in [0.25, 0.3) is 0 Å². The van der Waals surface area contributed by atoms with E-state index in [1.165, 1.54) is 0 Å². The molecule has 18 heavy (non-hydrogen) atoms. The number of carbonyl (C=O) groups is 1. The zero-order chi connectivity index (χ0) is 13.0. The molecule has 2 rings (SSSR count). The fourth-order valence-electron chi connectivity index (χ4n) is 1.82. The normalized spacial score (nSPS) is 16.4. The van der Waals surface area contributed by atoms with Gasteiger partial charge < -0.3 is 4.90 Å². The number of pyridine rings is 1. The molecule has 0 radical (unpaired) electrons. The van der Waals surface area contributed by atoms with Crippen LogP contribution < -0.4 is 0 Å². The molecule has 0 aliphatic carbocycles. The Morgan fingerprint density at radius 3 is 3.11 bits per heavy atom. The van der Waals surface area contributed by atoms with E-state index in [1.807, 2.05) is 16.7 Å². The van der Waals surface area contributed by atoms with Crippen molar-refractivity contribution in [1.82, 2.24) is 9.88 Å². The maximum absolute atomic E-state index is 12.2. The Balaban J connectivity index is 2.01. The average molecular weight is 350 g/mol. The standard InChI is InChI=1S/C12H14BrClN2OS/c13-9-6-10(14)11(15-8-9)7-12(17)16-2-1-4-18-5-3-16/h6,8H,1-5,7H2. The van der Waals surface area contributed by atoms with E-state index >= 15 is 0 Å². The van der Waals surface area contributed by atoms with Crippen molar-refractivity contribution in [3.8, 4) is 0 Å². The number of amides is 1. The maximum Gasteiger partial charge on any atom is 0.228 e. The molecule has 98 valence electrons. The van der Waals surface area contributed by atoms with Crippen LogP contribution in [0, 0.1) is 0 Å². The fraction of sp³-hybridized carbons (Fsp3) is 0.500. The lowest BCUT2D eigenvalue weighted by Gasteiger charge is -2.19. The Kier molecular flexibility index (Phi) is 5.33. The highest BCUT2D eigenvalue weighted by Crippen LogP contribution is 2.20. The zero-order valence-electron chi connectivity index (χ0n) is 9.86. The van der Waals surface area contributed by atoms with Gasteiger partial charge in [-0.15, -0.1) is 0 Å². The van der Waals surface area contributed by atoms with Gasteiger partial charge in [0.1, 0.15) is 0 Å². The molecule has 1 amide bonds. The summed E-state index contributed by atoms with van der Waals surface area (Å²) in [5, 5.41) is 0.543. The van der Waals surface area contributed by atoms with Crippen LogP contribution in [-0.4, -0.2) is 40.4 Å². The molecule has 0 unspecified atom stereocenters. The number of nitrogens with zero attached hydrogens (tertiary/aromatic N) is 2. The van der Waals surface area contributed by atoms with Crippen molar-refractivity contribution >= 4 is 45.2 Å². The number of hydrogen-bond acceptors (Lipinski definition) is 3. The summed E-state index contributed by atoms with van der Waals surface area (Å²) in [4.78, 5) is 18.3. The number of carbonyl (C=O) groups excluding carboxylic acids is 1. The molecule has 0 N–H and O–H groups in total. The first-order valence-corrected chi connectivity index (χ1v) is 8.15. The van der Waals surface area contributed by atoms with Gasteiger partial charge in [-0.05, 0) is 34.2 Å². The van der Waals surface area contributed by atoms with Gasteiger partial charge in [0.05, 0.1) is 17.1 Å². The number of aromatic nitrogens is 1. The van der Waals surface area contributed by atoms with E-state index in [2.05, 4.69) is 20.9 Å². The molecule has 6 heteroatoms. The van der Waals surface area contributed by atoms with Crippen LogP contribution in [0.15, 0.2) is 16.7 Å². The molecule has 0 spiro atoms. The number of hydrogen-bond donors (Lipinski definition) is 0. The largest absolute Gasteiger partial charge is 0.342 e.